The van der Waals surface area contributed by atoms with Crippen molar-refractivity contribution in [3.05, 3.63) is 35.9 Å². The van der Waals surface area contributed by atoms with Crippen LogP contribution in [0.1, 0.15) is 75.6 Å². The highest BCUT2D eigenvalue weighted by Crippen LogP contribution is 2.46. The lowest BCUT2D eigenvalue weighted by molar-refractivity contribution is -0.109. The van der Waals surface area contributed by atoms with Crippen LogP contribution < -0.4 is 0 Å². The van der Waals surface area contributed by atoms with E-state index in [4.69, 9.17) is 11.2 Å². The molecule has 0 N–H and O–H groups in total. The van der Waals surface area contributed by atoms with E-state index in [1.54, 1.807) is 12.1 Å². The average Bonchev–Trinajstić information content (AvgIpc) is 2.71. The van der Waals surface area contributed by atoms with Crippen molar-refractivity contribution in [2.75, 3.05) is 6.54 Å². The van der Waals surface area contributed by atoms with Crippen LogP contribution in [0.15, 0.2) is 30.3 Å². The molecule has 2 aliphatic rings. The maximum absolute atomic E-state index is 12.8. The minimum absolute atomic E-state index is 0.238. The van der Waals surface area contributed by atoms with Gasteiger partial charge in [0.1, 0.15) is 0 Å². The maximum Gasteiger partial charge on any atom is 0.339 e. The van der Waals surface area contributed by atoms with Crippen molar-refractivity contribution in [2.24, 2.45) is 5.92 Å². The van der Waals surface area contributed by atoms with E-state index in [2.05, 4.69) is 24.7 Å². The smallest absolute Gasteiger partial charge is 0.339 e. The summed E-state index contributed by atoms with van der Waals surface area (Å²) >= 11 is 0. The molecule has 146 valence electrons. The molecule has 1 aromatic rings. The predicted molar refractivity (Wildman–Crippen MR) is 109 cm³/mol. The Morgan fingerprint density at radius 1 is 1.26 bits per heavy atom. The summed E-state index contributed by atoms with van der Waals surface area (Å²) < 4.78 is 6.13. The quantitative estimate of drug-likeness (QED) is 0.400. The molecule has 3 heteroatoms. The lowest BCUT2D eigenvalue weighted by Gasteiger charge is -2.54. The molecule has 1 aliphatic carbocycles. The molecule has 1 saturated heterocycles. The molecular formula is C24H33NO2. The highest BCUT2D eigenvalue weighted by Gasteiger charge is 2.53. The van der Waals surface area contributed by atoms with E-state index in [1.165, 1.54) is 32.1 Å². The number of nitrogens with zero attached hydrogens (tertiary/aromatic N) is 1. The van der Waals surface area contributed by atoms with E-state index in [9.17, 15) is 4.79 Å². The Hall–Kier alpha value is -1.79. The van der Waals surface area contributed by atoms with E-state index in [0.717, 1.165) is 25.8 Å². The molecule has 1 saturated carbocycles. The molecule has 3 rings (SSSR count). The Balaban J connectivity index is 1.82. The van der Waals surface area contributed by atoms with Gasteiger partial charge in [0.2, 0.25) is 0 Å². The van der Waals surface area contributed by atoms with Crippen LogP contribution in [0.3, 0.4) is 0 Å². The number of unbranched alkanes of at least 4 members (excludes halogenated alkanes) is 2. The van der Waals surface area contributed by atoms with E-state index < -0.39 is 5.60 Å². The summed E-state index contributed by atoms with van der Waals surface area (Å²) in [6.45, 7) is 5.62. The number of hydrogen-bond acceptors (Lipinski definition) is 3. The molecule has 0 bridgehead atoms. The minimum Gasteiger partial charge on any atom is -0.442 e. The number of piperidine rings is 1. The highest BCUT2D eigenvalue weighted by atomic mass is 16.6. The highest BCUT2D eigenvalue weighted by molar-refractivity contribution is 5.89. The van der Waals surface area contributed by atoms with Gasteiger partial charge in [-0.25, -0.2) is 4.79 Å². The first-order valence-corrected chi connectivity index (χ1v) is 10.6. The fourth-order valence-electron chi connectivity index (χ4n) is 5.13. The van der Waals surface area contributed by atoms with Crippen molar-refractivity contribution >= 4 is 5.97 Å². The molecule has 0 unspecified atom stereocenters. The number of fused-ring (bicyclic) bond motifs is 1. The van der Waals surface area contributed by atoms with E-state index in [-0.39, 0.29) is 11.9 Å². The topological polar surface area (TPSA) is 29.5 Å². The average molecular weight is 368 g/mol. The van der Waals surface area contributed by atoms with Gasteiger partial charge in [-0.15, -0.1) is 6.42 Å². The molecule has 0 amide bonds. The number of esters is 1. The first-order chi connectivity index (χ1) is 13.1. The maximum atomic E-state index is 12.8. The molecule has 0 radical (unpaired) electrons. The number of benzene rings is 1. The number of terminal acetylenes is 1. The van der Waals surface area contributed by atoms with Crippen LogP contribution in [-0.4, -0.2) is 35.1 Å². The van der Waals surface area contributed by atoms with Crippen LogP contribution in [0.5, 0.6) is 0 Å². The fourth-order valence-corrected chi connectivity index (χ4v) is 5.13. The number of hydrogen-bond donors (Lipinski definition) is 0. The van der Waals surface area contributed by atoms with E-state index in [0.29, 0.717) is 17.6 Å². The second-order valence-electron chi connectivity index (χ2n) is 8.25. The van der Waals surface area contributed by atoms with Gasteiger partial charge in [-0.1, -0.05) is 56.7 Å². The second kappa shape index (κ2) is 8.93. The van der Waals surface area contributed by atoms with Gasteiger partial charge in [-0.3, -0.25) is 4.90 Å². The van der Waals surface area contributed by atoms with Crippen LogP contribution in [0.4, 0.5) is 0 Å². The Bertz CT molecular complexity index is 665. The molecule has 27 heavy (non-hydrogen) atoms. The number of rotatable bonds is 6. The fraction of sp³-hybridized carbons (Fsp3) is 0.625. The lowest BCUT2D eigenvalue weighted by Crippen LogP contribution is -2.63. The van der Waals surface area contributed by atoms with Crippen LogP contribution in [0, 0.1) is 18.3 Å². The molecule has 1 heterocycles. The summed E-state index contributed by atoms with van der Waals surface area (Å²) in [5.41, 5.74) is -0.198. The van der Waals surface area contributed by atoms with Crippen molar-refractivity contribution in [2.45, 2.75) is 82.9 Å². The molecule has 1 aromatic carbocycles. The summed E-state index contributed by atoms with van der Waals surface area (Å²) in [5.74, 6) is 2.92. The van der Waals surface area contributed by atoms with E-state index >= 15 is 0 Å². The summed E-state index contributed by atoms with van der Waals surface area (Å²) in [6.07, 6.45) is 15.1. The van der Waals surface area contributed by atoms with Crippen molar-refractivity contribution < 1.29 is 9.53 Å². The third-order valence-electron chi connectivity index (χ3n) is 6.47. The molecular weight excluding hydrogens is 334 g/mol. The van der Waals surface area contributed by atoms with Crippen molar-refractivity contribution in [1.29, 1.82) is 0 Å². The number of carbonyl (C=O) groups excluding carboxylic acids is 1. The molecule has 0 spiro atoms. The van der Waals surface area contributed by atoms with Gasteiger partial charge in [0, 0.05) is 24.4 Å². The normalized spacial score (nSPS) is 30.9. The van der Waals surface area contributed by atoms with Gasteiger partial charge in [-0.2, -0.15) is 0 Å². The van der Waals surface area contributed by atoms with Crippen molar-refractivity contribution in [3.63, 3.8) is 0 Å². The monoisotopic (exact) mass is 367 g/mol. The van der Waals surface area contributed by atoms with Crippen LogP contribution >= 0.6 is 0 Å². The van der Waals surface area contributed by atoms with E-state index in [1.807, 2.05) is 18.2 Å². The molecule has 0 aromatic heterocycles. The summed E-state index contributed by atoms with van der Waals surface area (Å²) in [5, 5.41) is 0. The first kappa shape index (κ1) is 20.0. The number of ether oxygens (including phenoxy) is 1. The third-order valence-corrected chi connectivity index (χ3v) is 6.47. The molecule has 2 fully saturated rings. The Kier molecular flexibility index (Phi) is 6.60. The van der Waals surface area contributed by atoms with Crippen molar-refractivity contribution in [3.8, 4) is 12.3 Å². The molecule has 3 nitrogen and oxygen atoms in total. The van der Waals surface area contributed by atoms with Gasteiger partial charge < -0.3 is 4.74 Å². The Labute approximate surface area is 164 Å². The molecule has 4 atom stereocenters. The van der Waals surface area contributed by atoms with Crippen LogP contribution in [-0.2, 0) is 4.74 Å². The van der Waals surface area contributed by atoms with Gasteiger partial charge in [0.25, 0.3) is 0 Å². The number of likely N-dealkylation sites (tertiary alicyclic amines) is 1. The minimum atomic E-state index is -0.779. The van der Waals surface area contributed by atoms with Gasteiger partial charge in [0.15, 0.2) is 5.60 Å². The van der Waals surface area contributed by atoms with Crippen molar-refractivity contribution in [1.82, 2.24) is 4.90 Å². The Morgan fingerprint density at radius 2 is 2.00 bits per heavy atom. The number of carbonyl (C=O) groups is 1. The summed E-state index contributed by atoms with van der Waals surface area (Å²) in [6, 6.07) is 9.99. The lowest BCUT2D eigenvalue weighted by atomic mass is 9.67. The van der Waals surface area contributed by atoms with Gasteiger partial charge >= 0.3 is 5.97 Å². The Morgan fingerprint density at radius 3 is 2.70 bits per heavy atom. The van der Waals surface area contributed by atoms with Crippen LogP contribution in [0.2, 0.25) is 0 Å². The van der Waals surface area contributed by atoms with Gasteiger partial charge in [0.05, 0.1) is 5.56 Å². The largest absolute Gasteiger partial charge is 0.442 e. The predicted octanol–water partition coefficient (Wildman–Crippen LogP) is 5.06. The summed E-state index contributed by atoms with van der Waals surface area (Å²) in [4.78, 5) is 15.5. The first-order valence-electron chi connectivity index (χ1n) is 10.6. The third kappa shape index (κ3) is 4.22. The zero-order valence-electron chi connectivity index (χ0n) is 16.8. The standard InChI is InChI=1S/C24H33NO2/c1-4-6-12-17-25-19(3)18-24(5-2,21-15-10-11-16-22(21)25)27-23(26)20-13-8-7-9-14-20/h2,7-9,13-14,19,21-22H,4,6,10-12,15-18H2,1,3H3/t19-,21+,22+,24+/m1/s1. The van der Waals surface area contributed by atoms with Crippen LogP contribution in [0.25, 0.3) is 0 Å². The summed E-state index contributed by atoms with van der Waals surface area (Å²) in [7, 11) is 0. The zero-order chi connectivity index (χ0) is 19.3. The molecule has 1 aliphatic heterocycles. The second-order valence-corrected chi connectivity index (χ2v) is 8.25. The van der Waals surface area contributed by atoms with Gasteiger partial charge in [-0.05, 0) is 44.9 Å². The SMILES string of the molecule is C#C[C@]1(OC(=O)c2ccccc2)C[C@@H](C)N(CCCCC)[C@H]2CCCC[C@@H]21. The zero-order valence-corrected chi connectivity index (χ0v) is 16.8.